The Hall–Kier alpha value is -2.72. The lowest BCUT2D eigenvalue weighted by molar-refractivity contribution is 0.0658. The van der Waals surface area contributed by atoms with Gasteiger partial charge in [0.1, 0.15) is 5.69 Å². The molecule has 0 saturated carbocycles. The molecule has 2 fully saturated rings. The number of nitrogens with two attached hydrogens (primary N) is 1. The number of aromatic nitrogens is 3. The van der Waals surface area contributed by atoms with E-state index in [1.165, 1.54) is 16.9 Å². The highest BCUT2D eigenvalue weighted by Gasteiger charge is 2.28. The number of carbonyl (C=O) groups is 1. The standard InChI is InChI=1S/C21H31FN8O/c1-14-11-29(12-15(2)27(14)4)20-9-16(22)19(10-17(20)23)30-13-18(24-25-30)21(31)28-7-5-26(3)6-8-28/h9-10,13-15H,5-8,11-12,23H2,1-4H3/t14-,15+. The van der Waals surface area contributed by atoms with E-state index < -0.39 is 5.82 Å². The molecule has 2 aromatic rings. The summed E-state index contributed by atoms with van der Waals surface area (Å²) >= 11 is 0. The maximum absolute atomic E-state index is 15.1. The Morgan fingerprint density at radius 1 is 1.06 bits per heavy atom. The molecule has 2 aliphatic heterocycles. The number of benzene rings is 1. The molecule has 9 nitrogen and oxygen atoms in total. The number of halogens is 1. The van der Waals surface area contributed by atoms with Crippen molar-refractivity contribution in [3.8, 4) is 5.69 Å². The second-order valence-electron chi connectivity index (χ2n) is 8.77. The first-order chi connectivity index (χ1) is 14.7. The van der Waals surface area contributed by atoms with Gasteiger partial charge in [0.05, 0.1) is 17.6 Å². The first kappa shape index (κ1) is 21.5. The summed E-state index contributed by atoms with van der Waals surface area (Å²) in [6.45, 7) is 8.76. The SMILES string of the molecule is C[C@@H]1CN(c2cc(F)c(-n3cc(C(=O)N4CCN(C)CC4)nn3)cc2N)C[C@H](C)N1C. The summed E-state index contributed by atoms with van der Waals surface area (Å²) in [7, 11) is 4.13. The molecule has 0 aliphatic carbocycles. The summed E-state index contributed by atoms with van der Waals surface area (Å²) in [4.78, 5) is 21.1. The van der Waals surface area contributed by atoms with Gasteiger partial charge in [0, 0.05) is 57.4 Å². The molecular formula is C21H31FN8O. The van der Waals surface area contributed by atoms with Crippen LogP contribution in [0.5, 0.6) is 0 Å². The highest BCUT2D eigenvalue weighted by molar-refractivity contribution is 5.92. The van der Waals surface area contributed by atoms with Gasteiger partial charge >= 0.3 is 0 Å². The van der Waals surface area contributed by atoms with E-state index in [0.717, 1.165) is 26.2 Å². The summed E-state index contributed by atoms with van der Waals surface area (Å²) < 4.78 is 16.4. The number of amides is 1. The molecule has 0 bridgehead atoms. The van der Waals surface area contributed by atoms with E-state index in [-0.39, 0.29) is 17.3 Å². The number of rotatable bonds is 3. The van der Waals surface area contributed by atoms with Gasteiger partial charge in [0.25, 0.3) is 5.91 Å². The van der Waals surface area contributed by atoms with Crippen molar-refractivity contribution in [1.82, 2.24) is 29.7 Å². The second kappa shape index (κ2) is 8.43. The summed E-state index contributed by atoms with van der Waals surface area (Å²) in [6, 6.07) is 3.70. The number of piperazine rings is 2. The van der Waals surface area contributed by atoms with Gasteiger partial charge in [-0.05, 0) is 34.0 Å². The van der Waals surface area contributed by atoms with Gasteiger partial charge in [0.15, 0.2) is 11.5 Å². The first-order valence-electron chi connectivity index (χ1n) is 10.7. The van der Waals surface area contributed by atoms with Crippen LogP contribution in [0, 0.1) is 5.82 Å². The van der Waals surface area contributed by atoms with Gasteiger partial charge < -0.3 is 20.4 Å². The minimum Gasteiger partial charge on any atom is -0.397 e. The monoisotopic (exact) mass is 430 g/mol. The molecule has 1 aromatic carbocycles. The molecular weight excluding hydrogens is 399 g/mol. The Kier molecular flexibility index (Phi) is 5.85. The second-order valence-corrected chi connectivity index (χ2v) is 8.77. The van der Waals surface area contributed by atoms with E-state index in [4.69, 9.17) is 5.73 Å². The molecule has 1 amide bonds. The van der Waals surface area contributed by atoms with E-state index >= 15 is 4.39 Å². The van der Waals surface area contributed by atoms with Crippen molar-refractivity contribution >= 4 is 17.3 Å². The fraction of sp³-hybridized carbons (Fsp3) is 0.571. The molecule has 0 unspecified atom stereocenters. The number of carbonyl (C=O) groups excluding carboxylic acids is 1. The maximum atomic E-state index is 15.1. The third kappa shape index (κ3) is 4.22. The quantitative estimate of drug-likeness (QED) is 0.724. The molecule has 2 aliphatic rings. The highest BCUT2D eigenvalue weighted by atomic mass is 19.1. The maximum Gasteiger partial charge on any atom is 0.276 e. The van der Waals surface area contributed by atoms with Crippen LogP contribution in [0.25, 0.3) is 5.69 Å². The van der Waals surface area contributed by atoms with Crippen molar-refractivity contribution in [2.75, 3.05) is 64.0 Å². The predicted molar refractivity (Wildman–Crippen MR) is 118 cm³/mol. The van der Waals surface area contributed by atoms with Crippen LogP contribution < -0.4 is 10.6 Å². The molecule has 10 heteroatoms. The van der Waals surface area contributed by atoms with Crippen LogP contribution in [0.1, 0.15) is 24.3 Å². The molecule has 168 valence electrons. The van der Waals surface area contributed by atoms with Crippen molar-refractivity contribution in [1.29, 1.82) is 0 Å². The average molecular weight is 431 g/mol. The van der Waals surface area contributed by atoms with Gasteiger partial charge in [-0.1, -0.05) is 5.21 Å². The van der Waals surface area contributed by atoms with Crippen molar-refractivity contribution in [3.05, 3.63) is 29.8 Å². The van der Waals surface area contributed by atoms with E-state index in [1.54, 1.807) is 11.0 Å². The Bertz CT molecular complexity index is 943. The predicted octanol–water partition coefficient (Wildman–Crippen LogP) is 0.905. The Morgan fingerprint density at radius 3 is 2.35 bits per heavy atom. The number of anilines is 2. The molecule has 0 radical (unpaired) electrons. The lowest BCUT2D eigenvalue weighted by Gasteiger charge is -2.43. The van der Waals surface area contributed by atoms with Crippen molar-refractivity contribution in [3.63, 3.8) is 0 Å². The van der Waals surface area contributed by atoms with Crippen LogP contribution in [0.15, 0.2) is 18.3 Å². The summed E-state index contributed by atoms with van der Waals surface area (Å²) in [5, 5.41) is 7.97. The topological polar surface area (TPSA) is 86.8 Å². The number of hydrogen-bond acceptors (Lipinski definition) is 7. The minimum atomic E-state index is -0.452. The van der Waals surface area contributed by atoms with Gasteiger partial charge in [0.2, 0.25) is 0 Å². The summed E-state index contributed by atoms with van der Waals surface area (Å²) in [6.07, 6.45) is 1.47. The van der Waals surface area contributed by atoms with Crippen molar-refractivity contribution in [2.24, 2.45) is 0 Å². The Balaban J connectivity index is 1.55. The van der Waals surface area contributed by atoms with E-state index in [2.05, 4.69) is 45.9 Å². The molecule has 31 heavy (non-hydrogen) atoms. The van der Waals surface area contributed by atoms with E-state index in [0.29, 0.717) is 36.5 Å². The highest BCUT2D eigenvalue weighted by Crippen LogP contribution is 2.31. The Morgan fingerprint density at radius 2 is 1.71 bits per heavy atom. The lowest BCUT2D eigenvalue weighted by Crippen LogP contribution is -2.55. The van der Waals surface area contributed by atoms with Gasteiger partial charge in [-0.2, -0.15) is 0 Å². The smallest absolute Gasteiger partial charge is 0.276 e. The Labute approximate surface area is 182 Å². The number of nitrogen functional groups attached to an aromatic ring is 1. The molecule has 1 aromatic heterocycles. The van der Waals surface area contributed by atoms with Crippen molar-refractivity contribution < 1.29 is 9.18 Å². The lowest BCUT2D eigenvalue weighted by atomic mass is 10.1. The van der Waals surface area contributed by atoms with Gasteiger partial charge in [-0.3, -0.25) is 9.69 Å². The van der Waals surface area contributed by atoms with Crippen LogP contribution in [-0.2, 0) is 0 Å². The van der Waals surface area contributed by atoms with E-state index in [9.17, 15) is 4.79 Å². The fourth-order valence-electron chi connectivity index (χ4n) is 4.27. The fourth-order valence-corrected chi connectivity index (χ4v) is 4.27. The average Bonchev–Trinajstić information content (AvgIpc) is 3.23. The zero-order valence-corrected chi connectivity index (χ0v) is 18.6. The normalized spacial score (nSPS) is 23.4. The minimum absolute atomic E-state index is 0.182. The van der Waals surface area contributed by atoms with Crippen LogP contribution in [-0.4, -0.2) is 101 Å². The summed E-state index contributed by atoms with van der Waals surface area (Å²) in [5.41, 5.74) is 7.86. The summed E-state index contributed by atoms with van der Waals surface area (Å²) in [5.74, 6) is -0.642. The van der Waals surface area contributed by atoms with Crippen LogP contribution in [0.3, 0.4) is 0 Å². The van der Waals surface area contributed by atoms with Crippen LogP contribution in [0.2, 0.25) is 0 Å². The van der Waals surface area contributed by atoms with Crippen LogP contribution >= 0.6 is 0 Å². The number of likely N-dealkylation sites (N-methyl/N-ethyl adjacent to an activating group) is 2. The number of hydrogen-bond donors (Lipinski definition) is 1. The third-order valence-electron chi connectivity index (χ3n) is 6.55. The largest absolute Gasteiger partial charge is 0.397 e. The van der Waals surface area contributed by atoms with Gasteiger partial charge in [-0.15, -0.1) is 5.10 Å². The molecule has 2 N–H and O–H groups in total. The van der Waals surface area contributed by atoms with Crippen molar-refractivity contribution in [2.45, 2.75) is 25.9 Å². The molecule has 2 atom stereocenters. The molecule has 3 heterocycles. The number of nitrogens with zero attached hydrogens (tertiary/aromatic N) is 7. The zero-order valence-electron chi connectivity index (χ0n) is 18.6. The molecule has 4 rings (SSSR count). The van der Waals surface area contributed by atoms with Gasteiger partial charge in [-0.25, -0.2) is 9.07 Å². The van der Waals surface area contributed by atoms with Crippen LogP contribution in [0.4, 0.5) is 15.8 Å². The first-order valence-corrected chi connectivity index (χ1v) is 10.7. The zero-order chi connectivity index (χ0) is 22.3. The third-order valence-corrected chi connectivity index (χ3v) is 6.55. The molecule has 0 spiro atoms. The van der Waals surface area contributed by atoms with E-state index in [1.807, 2.05) is 7.05 Å². The molecule has 2 saturated heterocycles.